The highest BCUT2D eigenvalue weighted by Gasteiger charge is 2.20. The van der Waals surface area contributed by atoms with Crippen LogP contribution in [0.25, 0.3) is 11.0 Å². The fraction of sp³-hybridized carbons (Fsp3) is 0.318. The van der Waals surface area contributed by atoms with Crippen molar-refractivity contribution in [3.63, 3.8) is 0 Å². The van der Waals surface area contributed by atoms with E-state index in [0.29, 0.717) is 11.3 Å². The van der Waals surface area contributed by atoms with Crippen molar-refractivity contribution in [2.75, 3.05) is 7.11 Å². The quantitative estimate of drug-likeness (QED) is 0.664. The summed E-state index contributed by atoms with van der Waals surface area (Å²) in [5, 5.41) is 3.88. The summed E-state index contributed by atoms with van der Waals surface area (Å²) < 4.78 is 16.8. The summed E-state index contributed by atoms with van der Waals surface area (Å²) in [5.41, 5.74) is 2.43. The van der Waals surface area contributed by atoms with Crippen LogP contribution in [0.15, 0.2) is 46.9 Å². The number of furan rings is 1. The first kappa shape index (κ1) is 18.8. The standard InChI is InChI=1S/C22H25NO4/c1-13(2)26-18-8-6-7-16(11-18)15(4)23-22(24)21-14(3)19-12-17(25-5)9-10-20(19)27-21/h6-13,15H,1-5H3,(H,23,24). The molecule has 0 aliphatic heterocycles. The van der Waals surface area contributed by atoms with Crippen LogP contribution < -0.4 is 14.8 Å². The Labute approximate surface area is 159 Å². The van der Waals surface area contributed by atoms with Gasteiger partial charge in [0, 0.05) is 10.9 Å². The Bertz CT molecular complexity index is 958. The van der Waals surface area contributed by atoms with Crippen molar-refractivity contribution in [1.82, 2.24) is 5.32 Å². The molecule has 1 unspecified atom stereocenters. The first-order chi connectivity index (χ1) is 12.9. The minimum atomic E-state index is -0.245. The SMILES string of the molecule is COc1ccc2oc(C(=O)NC(C)c3cccc(OC(C)C)c3)c(C)c2c1. The largest absolute Gasteiger partial charge is 0.497 e. The smallest absolute Gasteiger partial charge is 0.287 e. The lowest BCUT2D eigenvalue weighted by Gasteiger charge is -2.16. The number of methoxy groups -OCH3 is 1. The average molecular weight is 367 g/mol. The van der Waals surface area contributed by atoms with E-state index in [4.69, 9.17) is 13.9 Å². The molecule has 0 saturated heterocycles. The Morgan fingerprint density at radius 1 is 1.07 bits per heavy atom. The molecule has 0 aliphatic rings. The second kappa shape index (κ2) is 7.74. The van der Waals surface area contributed by atoms with Gasteiger partial charge in [0.05, 0.1) is 19.3 Å². The Morgan fingerprint density at radius 2 is 1.85 bits per heavy atom. The van der Waals surface area contributed by atoms with Gasteiger partial charge in [0.25, 0.3) is 5.91 Å². The molecular formula is C22H25NO4. The molecule has 0 aliphatic carbocycles. The Hall–Kier alpha value is -2.95. The van der Waals surface area contributed by atoms with E-state index >= 15 is 0 Å². The Morgan fingerprint density at radius 3 is 2.56 bits per heavy atom. The van der Waals surface area contributed by atoms with E-state index in [2.05, 4.69) is 5.32 Å². The maximum Gasteiger partial charge on any atom is 0.287 e. The van der Waals surface area contributed by atoms with Crippen LogP contribution in [-0.2, 0) is 0 Å². The number of nitrogens with one attached hydrogen (secondary N) is 1. The van der Waals surface area contributed by atoms with Gasteiger partial charge in [0.2, 0.25) is 0 Å². The normalized spacial score (nSPS) is 12.2. The van der Waals surface area contributed by atoms with Crippen molar-refractivity contribution in [3.05, 3.63) is 59.4 Å². The lowest BCUT2D eigenvalue weighted by molar-refractivity contribution is 0.0913. The summed E-state index contributed by atoms with van der Waals surface area (Å²) in [7, 11) is 1.61. The monoisotopic (exact) mass is 367 g/mol. The summed E-state index contributed by atoms with van der Waals surface area (Å²) in [6, 6.07) is 13.1. The summed E-state index contributed by atoms with van der Waals surface area (Å²) in [6.07, 6.45) is 0.0975. The third-order valence-electron chi connectivity index (χ3n) is 4.43. The second-order valence-electron chi connectivity index (χ2n) is 6.85. The van der Waals surface area contributed by atoms with Gasteiger partial charge in [-0.3, -0.25) is 4.79 Å². The van der Waals surface area contributed by atoms with Gasteiger partial charge in [-0.25, -0.2) is 0 Å². The van der Waals surface area contributed by atoms with Crippen molar-refractivity contribution < 1.29 is 18.7 Å². The van der Waals surface area contributed by atoms with Crippen LogP contribution in [0.4, 0.5) is 0 Å². The van der Waals surface area contributed by atoms with Crippen molar-refractivity contribution in [2.24, 2.45) is 0 Å². The van der Waals surface area contributed by atoms with Gasteiger partial charge >= 0.3 is 0 Å². The van der Waals surface area contributed by atoms with Crippen LogP contribution >= 0.6 is 0 Å². The van der Waals surface area contributed by atoms with Crippen molar-refractivity contribution in [3.8, 4) is 11.5 Å². The number of carbonyl (C=O) groups excluding carboxylic acids is 1. The summed E-state index contributed by atoms with van der Waals surface area (Å²) in [6.45, 7) is 7.78. The topological polar surface area (TPSA) is 60.7 Å². The summed E-state index contributed by atoms with van der Waals surface area (Å²) in [4.78, 5) is 12.8. The van der Waals surface area contributed by atoms with E-state index in [0.717, 1.165) is 28.0 Å². The molecule has 1 N–H and O–H groups in total. The van der Waals surface area contributed by atoms with Gasteiger partial charge in [-0.1, -0.05) is 12.1 Å². The molecule has 0 fully saturated rings. The van der Waals surface area contributed by atoms with Gasteiger partial charge in [-0.05, 0) is 63.6 Å². The van der Waals surface area contributed by atoms with E-state index in [1.54, 1.807) is 7.11 Å². The van der Waals surface area contributed by atoms with E-state index < -0.39 is 0 Å². The zero-order valence-corrected chi connectivity index (χ0v) is 16.3. The maximum absolute atomic E-state index is 12.8. The fourth-order valence-electron chi connectivity index (χ4n) is 3.02. The number of hydrogen-bond acceptors (Lipinski definition) is 4. The number of fused-ring (bicyclic) bond motifs is 1. The molecule has 3 aromatic rings. The van der Waals surface area contributed by atoms with E-state index in [9.17, 15) is 4.79 Å². The minimum Gasteiger partial charge on any atom is -0.497 e. The number of ether oxygens (including phenoxy) is 2. The molecule has 0 saturated carbocycles. The molecule has 1 amide bonds. The van der Waals surface area contributed by atoms with E-state index in [-0.39, 0.29) is 18.1 Å². The lowest BCUT2D eigenvalue weighted by atomic mass is 10.1. The molecule has 3 rings (SSSR count). The number of benzene rings is 2. The van der Waals surface area contributed by atoms with E-state index in [1.165, 1.54) is 0 Å². The lowest BCUT2D eigenvalue weighted by Crippen LogP contribution is -2.26. The van der Waals surface area contributed by atoms with Crippen molar-refractivity contribution >= 4 is 16.9 Å². The fourth-order valence-corrected chi connectivity index (χ4v) is 3.02. The van der Waals surface area contributed by atoms with Gasteiger partial charge in [0.1, 0.15) is 17.1 Å². The van der Waals surface area contributed by atoms with Crippen LogP contribution in [0.1, 0.15) is 48.5 Å². The highest BCUT2D eigenvalue weighted by molar-refractivity contribution is 5.99. The summed E-state index contributed by atoms with van der Waals surface area (Å²) >= 11 is 0. The molecule has 1 atom stereocenters. The highest BCUT2D eigenvalue weighted by atomic mass is 16.5. The third-order valence-corrected chi connectivity index (χ3v) is 4.43. The number of amides is 1. The van der Waals surface area contributed by atoms with Gasteiger partial charge in [0.15, 0.2) is 5.76 Å². The molecule has 0 radical (unpaired) electrons. The molecule has 0 bridgehead atoms. The van der Waals surface area contributed by atoms with Crippen LogP contribution in [0.2, 0.25) is 0 Å². The van der Waals surface area contributed by atoms with Gasteiger partial charge < -0.3 is 19.2 Å². The molecular weight excluding hydrogens is 342 g/mol. The molecule has 5 heteroatoms. The number of rotatable bonds is 6. The molecule has 0 spiro atoms. The predicted octanol–water partition coefficient (Wildman–Crippen LogP) is 5.03. The summed E-state index contributed by atoms with van der Waals surface area (Å²) in [5.74, 6) is 1.59. The third kappa shape index (κ3) is 4.08. The number of carbonyl (C=O) groups is 1. The van der Waals surface area contributed by atoms with Crippen molar-refractivity contribution in [1.29, 1.82) is 0 Å². The zero-order valence-electron chi connectivity index (χ0n) is 16.3. The molecule has 1 aromatic heterocycles. The zero-order chi connectivity index (χ0) is 19.6. The Kier molecular flexibility index (Phi) is 5.40. The predicted molar refractivity (Wildman–Crippen MR) is 106 cm³/mol. The minimum absolute atomic E-state index is 0.0975. The first-order valence-corrected chi connectivity index (χ1v) is 9.03. The van der Waals surface area contributed by atoms with Gasteiger partial charge in [-0.2, -0.15) is 0 Å². The maximum atomic E-state index is 12.8. The second-order valence-corrected chi connectivity index (χ2v) is 6.85. The Balaban J connectivity index is 1.81. The van der Waals surface area contributed by atoms with Crippen molar-refractivity contribution in [2.45, 2.75) is 39.8 Å². The molecule has 27 heavy (non-hydrogen) atoms. The number of aryl methyl sites for hydroxylation is 1. The van der Waals surface area contributed by atoms with E-state index in [1.807, 2.05) is 70.2 Å². The molecule has 5 nitrogen and oxygen atoms in total. The molecule has 142 valence electrons. The molecule has 1 heterocycles. The molecule has 2 aromatic carbocycles. The van der Waals surface area contributed by atoms with Crippen LogP contribution in [-0.4, -0.2) is 19.1 Å². The van der Waals surface area contributed by atoms with Crippen LogP contribution in [0.3, 0.4) is 0 Å². The highest BCUT2D eigenvalue weighted by Crippen LogP contribution is 2.29. The van der Waals surface area contributed by atoms with Crippen LogP contribution in [0.5, 0.6) is 11.5 Å². The number of hydrogen-bond donors (Lipinski definition) is 1. The first-order valence-electron chi connectivity index (χ1n) is 9.03. The van der Waals surface area contributed by atoms with Gasteiger partial charge in [-0.15, -0.1) is 0 Å². The van der Waals surface area contributed by atoms with Crippen LogP contribution in [0, 0.1) is 6.92 Å². The average Bonchev–Trinajstić information content (AvgIpc) is 2.97.